The number of benzene rings is 2. The Bertz CT molecular complexity index is 1290. The number of nitrogens with zero attached hydrogens (tertiary/aromatic N) is 6. The molecule has 0 saturated carbocycles. The molecule has 6 nitrogen and oxygen atoms in total. The molecule has 0 N–H and O–H groups in total. The monoisotopic (exact) mass is 508 g/mol. The normalized spacial score (nSPS) is 18.8. The zero-order chi connectivity index (χ0) is 25.2. The zero-order valence-electron chi connectivity index (χ0n) is 20.2. The summed E-state index contributed by atoms with van der Waals surface area (Å²) in [6.07, 6.45) is 4.95. The second-order valence-corrected chi connectivity index (χ2v) is 9.36. The molecule has 5 rings (SSSR count). The summed E-state index contributed by atoms with van der Waals surface area (Å²) in [6, 6.07) is 13.3. The highest BCUT2D eigenvalue weighted by Gasteiger charge is 2.38. The Balaban J connectivity index is 1.57. The van der Waals surface area contributed by atoms with Crippen LogP contribution >= 0.6 is 11.6 Å². The third-order valence-electron chi connectivity index (χ3n) is 6.94. The van der Waals surface area contributed by atoms with Gasteiger partial charge in [-0.1, -0.05) is 38.1 Å². The van der Waals surface area contributed by atoms with Gasteiger partial charge in [0.25, 0.3) is 0 Å². The minimum Gasteiger partial charge on any atom is -0.349 e. The largest absolute Gasteiger partial charge is 0.349 e. The molecule has 4 aromatic rings. The fourth-order valence-electron chi connectivity index (χ4n) is 5.15. The fraction of sp³-hybridized carbons (Fsp3) is 0.333. The Morgan fingerprint density at radius 1 is 0.833 bits per heavy atom. The van der Waals surface area contributed by atoms with Crippen LogP contribution in [0.3, 0.4) is 0 Å². The molecule has 1 aliphatic rings. The molecule has 1 aliphatic heterocycles. The lowest BCUT2D eigenvalue weighted by molar-refractivity contribution is 0.110. The van der Waals surface area contributed by atoms with Crippen LogP contribution in [0.5, 0.6) is 0 Å². The summed E-state index contributed by atoms with van der Waals surface area (Å²) in [7, 11) is 0. The average molecular weight is 509 g/mol. The Labute approximate surface area is 214 Å². The summed E-state index contributed by atoms with van der Waals surface area (Å²) >= 11 is 6.28. The van der Waals surface area contributed by atoms with Gasteiger partial charge in [0.05, 0.1) is 6.04 Å². The fourth-order valence-corrected chi connectivity index (χ4v) is 5.31. The molecule has 1 saturated heterocycles. The molecular weight excluding hydrogens is 482 g/mol. The standard InChI is InChI=1S/C27H27ClF2N6/c1-3-21-16-36(26-23-25(32-14-13-31-23)33-27(28)34-26)22(4-2)15-35(21)24(17-5-9-19(29)10-6-17)18-7-11-20(30)12-8-18/h5-14,21-22,24H,3-4,15-16H2,1-2H3/t21-,22+/m1/s1. The SMILES string of the molecule is CC[C@H]1CN(C(c2ccc(F)cc2)c2ccc(F)cc2)[C@H](CC)CN1c1nc(Cl)nc2nccnc12. The number of halogens is 3. The van der Waals surface area contributed by atoms with Gasteiger partial charge in [-0.05, 0) is 59.8 Å². The third-order valence-corrected chi connectivity index (χ3v) is 7.11. The van der Waals surface area contributed by atoms with E-state index in [0.717, 1.165) is 30.5 Å². The molecule has 2 atom stereocenters. The van der Waals surface area contributed by atoms with Gasteiger partial charge < -0.3 is 4.90 Å². The van der Waals surface area contributed by atoms with Gasteiger partial charge >= 0.3 is 0 Å². The van der Waals surface area contributed by atoms with E-state index in [9.17, 15) is 8.78 Å². The molecule has 2 aromatic heterocycles. The first kappa shape index (κ1) is 24.5. The van der Waals surface area contributed by atoms with Crippen LogP contribution in [-0.4, -0.2) is 50.0 Å². The van der Waals surface area contributed by atoms with Crippen molar-refractivity contribution in [1.29, 1.82) is 0 Å². The predicted molar refractivity (Wildman–Crippen MR) is 137 cm³/mol. The van der Waals surface area contributed by atoms with Crippen LogP contribution in [0.25, 0.3) is 11.2 Å². The van der Waals surface area contributed by atoms with Crippen LogP contribution in [0.15, 0.2) is 60.9 Å². The molecule has 0 spiro atoms. The van der Waals surface area contributed by atoms with Gasteiger partial charge in [0.2, 0.25) is 5.28 Å². The van der Waals surface area contributed by atoms with Gasteiger partial charge in [0, 0.05) is 37.6 Å². The number of anilines is 1. The highest BCUT2D eigenvalue weighted by molar-refractivity contribution is 6.28. The van der Waals surface area contributed by atoms with E-state index in [1.54, 1.807) is 12.4 Å². The van der Waals surface area contributed by atoms with Gasteiger partial charge in [-0.15, -0.1) is 0 Å². The lowest BCUT2D eigenvalue weighted by Gasteiger charge is -2.49. The average Bonchev–Trinajstić information content (AvgIpc) is 2.90. The van der Waals surface area contributed by atoms with Gasteiger partial charge in [-0.2, -0.15) is 9.97 Å². The van der Waals surface area contributed by atoms with E-state index in [1.807, 2.05) is 24.3 Å². The van der Waals surface area contributed by atoms with Crippen molar-refractivity contribution in [2.75, 3.05) is 18.0 Å². The second-order valence-electron chi connectivity index (χ2n) is 9.02. The van der Waals surface area contributed by atoms with Crippen molar-refractivity contribution in [2.24, 2.45) is 0 Å². The van der Waals surface area contributed by atoms with Crippen molar-refractivity contribution in [1.82, 2.24) is 24.8 Å². The van der Waals surface area contributed by atoms with Crippen LogP contribution in [0.4, 0.5) is 14.6 Å². The molecule has 186 valence electrons. The van der Waals surface area contributed by atoms with Crippen molar-refractivity contribution >= 4 is 28.6 Å². The first-order chi connectivity index (χ1) is 17.5. The molecular formula is C27H27ClF2N6. The van der Waals surface area contributed by atoms with Gasteiger partial charge in [-0.3, -0.25) is 4.90 Å². The molecule has 0 amide bonds. The van der Waals surface area contributed by atoms with E-state index >= 15 is 0 Å². The minimum absolute atomic E-state index is 0.104. The molecule has 0 radical (unpaired) electrons. The van der Waals surface area contributed by atoms with Crippen LogP contribution in [0.1, 0.15) is 43.9 Å². The number of fused-ring (bicyclic) bond motifs is 1. The highest BCUT2D eigenvalue weighted by Crippen LogP contribution is 2.37. The number of rotatable bonds is 6. The Morgan fingerprint density at radius 2 is 1.42 bits per heavy atom. The molecule has 36 heavy (non-hydrogen) atoms. The van der Waals surface area contributed by atoms with E-state index in [1.165, 1.54) is 24.3 Å². The van der Waals surface area contributed by atoms with Crippen molar-refractivity contribution in [3.63, 3.8) is 0 Å². The second kappa shape index (κ2) is 10.4. The quantitative estimate of drug-likeness (QED) is 0.306. The van der Waals surface area contributed by atoms with Gasteiger partial charge in [-0.25, -0.2) is 18.7 Å². The Morgan fingerprint density at radius 3 is 2.00 bits per heavy atom. The van der Waals surface area contributed by atoms with E-state index in [0.29, 0.717) is 23.5 Å². The summed E-state index contributed by atoms with van der Waals surface area (Å²) < 4.78 is 27.6. The van der Waals surface area contributed by atoms with Crippen molar-refractivity contribution in [3.8, 4) is 0 Å². The van der Waals surface area contributed by atoms with Gasteiger partial charge in [0.1, 0.15) is 11.6 Å². The number of hydrogen-bond acceptors (Lipinski definition) is 6. The van der Waals surface area contributed by atoms with E-state index in [-0.39, 0.29) is 35.0 Å². The first-order valence-corrected chi connectivity index (χ1v) is 12.5. The summed E-state index contributed by atoms with van der Waals surface area (Å²) in [4.78, 5) is 22.4. The minimum atomic E-state index is -0.284. The predicted octanol–water partition coefficient (Wildman–Crippen LogP) is 5.82. The lowest BCUT2D eigenvalue weighted by atomic mass is 9.91. The zero-order valence-corrected chi connectivity index (χ0v) is 20.9. The van der Waals surface area contributed by atoms with E-state index < -0.39 is 0 Å². The maximum absolute atomic E-state index is 13.8. The van der Waals surface area contributed by atoms with Crippen LogP contribution in [0, 0.1) is 11.6 Å². The van der Waals surface area contributed by atoms with Crippen molar-refractivity contribution in [3.05, 3.63) is 89.0 Å². The molecule has 0 unspecified atom stereocenters. The highest BCUT2D eigenvalue weighted by atomic mass is 35.5. The molecule has 9 heteroatoms. The molecule has 1 fully saturated rings. The van der Waals surface area contributed by atoms with E-state index in [2.05, 4.69) is 43.6 Å². The number of hydrogen-bond donors (Lipinski definition) is 0. The number of piperazine rings is 1. The molecule has 3 heterocycles. The maximum Gasteiger partial charge on any atom is 0.226 e. The summed E-state index contributed by atoms with van der Waals surface area (Å²) in [5, 5.41) is 0.138. The van der Waals surface area contributed by atoms with Crippen LogP contribution in [0.2, 0.25) is 5.28 Å². The lowest BCUT2D eigenvalue weighted by Crippen LogP contribution is -2.59. The van der Waals surface area contributed by atoms with Crippen molar-refractivity contribution in [2.45, 2.75) is 44.8 Å². The molecule has 0 bridgehead atoms. The summed E-state index contributed by atoms with van der Waals surface area (Å²) in [5.74, 6) is 0.116. The van der Waals surface area contributed by atoms with Crippen LogP contribution < -0.4 is 4.90 Å². The Kier molecular flexibility index (Phi) is 7.07. The van der Waals surface area contributed by atoms with Crippen LogP contribution in [-0.2, 0) is 0 Å². The maximum atomic E-state index is 13.8. The van der Waals surface area contributed by atoms with Gasteiger partial charge in [0.15, 0.2) is 17.0 Å². The van der Waals surface area contributed by atoms with Crippen molar-refractivity contribution < 1.29 is 8.78 Å². The smallest absolute Gasteiger partial charge is 0.226 e. The molecule has 2 aromatic carbocycles. The topological polar surface area (TPSA) is 58.0 Å². The van der Waals surface area contributed by atoms with E-state index in [4.69, 9.17) is 11.6 Å². The molecule has 0 aliphatic carbocycles. The first-order valence-electron chi connectivity index (χ1n) is 12.2. The Hall–Kier alpha value is -3.23. The third kappa shape index (κ3) is 4.75. The summed E-state index contributed by atoms with van der Waals surface area (Å²) in [6.45, 7) is 5.70. The summed E-state index contributed by atoms with van der Waals surface area (Å²) in [5.41, 5.74) is 3.02. The number of aromatic nitrogens is 4.